The van der Waals surface area contributed by atoms with Gasteiger partial charge in [0.25, 0.3) is 0 Å². The van der Waals surface area contributed by atoms with Crippen molar-refractivity contribution in [2.75, 3.05) is 5.32 Å². The van der Waals surface area contributed by atoms with Gasteiger partial charge in [-0.1, -0.05) is 17.7 Å². The first-order chi connectivity index (χ1) is 9.24. The Morgan fingerprint density at radius 3 is 2.95 bits per heavy atom. The number of anilines is 1. The van der Waals surface area contributed by atoms with Crippen molar-refractivity contribution < 1.29 is 0 Å². The predicted molar refractivity (Wildman–Crippen MR) is 76.5 cm³/mol. The van der Waals surface area contributed by atoms with Crippen molar-refractivity contribution in [1.29, 1.82) is 0 Å². The topological polar surface area (TPSA) is 42.2 Å². The van der Waals surface area contributed by atoms with Gasteiger partial charge in [0.2, 0.25) is 0 Å². The maximum absolute atomic E-state index is 5.76. The molecule has 0 fully saturated rings. The van der Waals surface area contributed by atoms with E-state index in [-0.39, 0.29) is 0 Å². The molecule has 4 nitrogen and oxygen atoms in total. The third kappa shape index (κ3) is 2.39. The van der Waals surface area contributed by atoms with Crippen LogP contribution >= 0.6 is 11.6 Å². The summed E-state index contributed by atoms with van der Waals surface area (Å²) >= 11 is 5.76. The molecule has 1 N–H and O–H groups in total. The predicted octanol–water partition coefficient (Wildman–Crippen LogP) is 3.30. The monoisotopic (exact) mass is 272 g/mol. The standard InChI is InChI=1S/C14H13ClN4/c1-10-12(19-7-3-2-4-14(19)18-10)9-16-11-5-6-13(15)17-8-11/h2-8,16H,9H2,1H3. The van der Waals surface area contributed by atoms with E-state index in [1.54, 1.807) is 12.3 Å². The van der Waals surface area contributed by atoms with Crippen LogP contribution in [0.15, 0.2) is 42.7 Å². The second-order valence-corrected chi connectivity index (χ2v) is 4.68. The van der Waals surface area contributed by atoms with Crippen molar-refractivity contribution in [2.24, 2.45) is 0 Å². The van der Waals surface area contributed by atoms with Gasteiger partial charge >= 0.3 is 0 Å². The molecule has 96 valence electrons. The lowest BCUT2D eigenvalue weighted by Gasteiger charge is -2.07. The van der Waals surface area contributed by atoms with Crippen LogP contribution in [0, 0.1) is 6.92 Å². The summed E-state index contributed by atoms with van der Waals surface area (Å²) in [6, 6.07) is 9.67. The van der Waals surface area contributed by atoms with Crippen molar-refractivity contribution in [3.63, 3.8) is 0 Å². The van der Waals surface area contributed by atoms with Gasteiger partial charge < -0.3 is 9.72 Å². The number of aryl methyl sites for hydroxylation is 1. The number of fused-ring (bicyclic) bond motifs is 1. The highest BCUT2D eigenvalue weighted by Crippen LogP contribution is 2.15. The van der Waals surface area contributed by atoms with Gasteiger partial charge in [-0.25, -0.2) is 9.97 Å². The molecule has 0 aliphatic rings. The lowest BCUT2D eigenvalue weighted by Crippen LogP contribution is -2.04. The van der Waals surface area contributed by atoms with E-state index < -0.39 is 0 Å². The fourth-order valence-corrected chi connectivity index (χ4v) is 2.16. The number of nitrogens with zero attached hydrogens (tertiary/aromatic N) is 3. The SMILES string of the molecule is Cc1nc2ccccn2c1CNc1ccc(Cl)nc1. The van der Waals surface area contributed by atoms with Crippen LogP contribution in [0.5, 0.6) is 0 Å². The molecule has 0 unspecified atom stereocenters. The molecule has 0 bridgehead atoms. The molecule has 3 heterocycles. The highest BCUT2D eigenvalue weighted by atomic mass is 35.5. The van der Waals surface area contributed by atoms with E-state index in [1.807, 2.05) is 37.4 Å². The Labute approximate surface area is 116 Å². The maximum Gasteiger partial charge on any atom is 0.137 e. The number of pyridine rings is 2. The minimum atomic E-state index is 0.497. The first-order valence-electron chi connectivity index (χ1n) is 6.02. The number of rotatable bonds is 3. The number of nitrogens with one attached hydrogen (secondary N) is 1. The number of aromatic nitrogens is 3. The van der Waals surface area contributed by atoms with Crippen molar-refractivity contribution >= 4 is 22.9 Å². The van der Waals surface area contributed by atoms with E-state index in [9.17, 15) is 0 Å². The highest BCUT2D eigenvalue weighted by molar-refractivity contribution is 6.29. The lowest BCUT2D eigenvalue weighted by atomic mass is 10.3. The summed E-state index contributed by atoms with van der Waals surface area (Å²) in [6.45, 7) is 2.71. The molecule has 0 atom stereocenters. The fraction of sp³-hybridized carbons (Fsp3) is 0.143. The van der Waals surface area contributed by atoms with Crippen molar-refractivity contribution in [3.05, 3.63) is 59.3 Å². The van der Waals surface area contributed by atoms with Crippen LogP contribution in [0.1, 0.15) is 11.4 Å². The van der Waals surface area contributed by atoms with Crippen LogP contribution in [-0.2, 0) is 6.54 Å². The fourth-order valence-electron chi connectivity index (χ4n) is 2.04. The molecule has 3 aromatic heterocycles. The molecule has 0 spiro atoms. The van der Waals surface area contributed by atoms with Crippen LogP contribution in [0.25, 0.3) is 5.65 Å². The molecular weight excluding hydrogens is 260 g/mol. The molecule has 0 aliphatic carbocycles. The lowest BCUT2D eigenvalue weighted by molar-refractivity contribution is 0.985. The molecule has 0 saturated carbocycles. The van der Waals surface area contributed by atoms with Gasteiger partial charge in [-0.05, 0) is 31.2 Å². The Kier molecular flexibility index (Phi) is 3.09. The zero-order chi connectivity index (χ0) is 13.2. The van der Waals surface area contributed by atoms with Gasteiger partial charge in [-0.2, -0.15) is 0 Å². The zero-order valence-electron chi connectivity index (χ0n) is 10.5. The normalized spacial score (nSPS) is 10.8. The molecule has 3 aromatic rings. The average molecular weight is 273 g/mol. The smallest absolute Gasteiger partial charge is 0.137 e. The van der Waals surface area contributed by atoms with Crippen LogP contribution in [0.2, 0.25) is 5.15 Å². The van der Waals surface area contributed by atoms with E-state index in [0.717, 1.165) is 22.7 Å². The maximum atomic E-state index is 5.76. The van der Waals surface area contributed by atoms with Gasteiger partial charge in [-0.15, -0.1) is 0 Å². The van der Waals surface area contributed by atoms with Crippen molar-refractivity contribution in [1.82, 2.24) is 14.4 Å². The van der Waals surface area contributed by atoms with E-state index >= 15 is 0 Å². The molecule has 0 saturated heterocycles. The van der Waals surface area contributed by atoms with Gasteiger partial charge in [0, 0.05) is 6.20 Å². The number of imidazole rings is 1. The van der Waals surface area contributed by atoms with Gasteiger partial charge in [0.1, 0.15) is 10.8 Å². The summed E-state index contributed by atoms with van der Waals surface area (Å²) in [6.07, 6.45) is 3.74. The van der Waals surface area contributed by atoms with E-state index in [2.05, 4.69) is 19.7 Å². The second-order valence-electron chi connectivity index (χ2n) is 4.30. The molecule has 0 amide bonds. The Morgan fingerprint density at radius 2 is 2.16 bits per heavy atom. The molecule has 0 aliphatic heterocycles. The molecular formula is C14H13ClN4. The summed E-state index contributed by atoms with van der Waals surface area (Å²) in [5, 5.41) is 3.82. The van der Waals surface area contributed by atoms with Crippen LogP contribution in [0.3, 0.4) is 0 Å². The Hall–Kier alpha value is -2.07. The largest absolute Gasteiger partial charge is 0.378 e. The van der Waals surface area contributed by atoms with Gasteiger partial charge in [-0.3, -0.25) is 0 Å². The zero-order valence-corrected chi connectivity index (χ0v) is 11.2. The Bertz CT molecular complexity index is 703. The van der Waals surface area contributed by atoms with E-state index in [1.165, 1.54) is 0 Å². The minimum Gasteiger partial charge on any atom is -0.378 e. The quantitative estimate of drug-likeness (QED) is 0.744. The molecule has 3 rings (SSSR count). The summed E-state index contributed by atoms with van der Waals surface area (Å²) in [4.78, 5) is 8.57. The van der Waals surface area contributed by atoms with Crippen molar-refractivity contribution in [3.8, 4) is 0 Å². The van der Waals surface area contributed by atoms with Crippen LogP contribution < -0.4 is 5.32 Å². The summed E-state index contributed by atoms with van der Waals surface area (Å²) in [5.41, 5.74) is 4.08. The average Bonchev–Trinajstić information content (AvgIpc) is 2.74. The minimum absolute atomic E-state index is 0.497. The Morgan fingerprint density at radius 1 is 1.26 bits per heavy atom. The van der Waals surface area contributed by atoms with Gasteiger partial charge in [0.15, 0.2) is 0 Å². The third-order valence-electron chi connectivity index (χ3n) is 3.02. The first-order valence-corrected chi connectivity index (χ1v) is 6.40. The summed E-state index contributed by atoms with van der Waals surface area (Å²) < 4.78 is 2.09. The molecule has 19 heavy (non-hydrogen) atoms. The summed E-state index contributed by atoms with van der Waals surface area (Å²) in [5.74, 6) is 0. The number of halogens is 1. The second kappa shape index (κ2) is 4.90. The highest BCUT2D eigenvalue weighted by Gasteiger charge is 2.07. The molecule has 5 heteroatoms. The number of hydrogen-bond acceptors (Lipinski definition) is 3. The van der Waals surface area contributed by atoms with Crippen LogP contribution in [-0.4, -0.2) is 14.4 Å². The number of hydrogen-bond donors (Lipinski definition) is 1. The summed E-state index contributed by atoms with van der Waals surface area (Å²) in [7, 11) is 0. The molecule has 0 aromatic carbocycles. The van der Waals surface area contributed by atoms with E-state index in [4.69, 9.17) is 11.6 Å². The van der Waals surface area contributed by atoms with Crippen molar-refractivity contribution in [2.45, 2.75) is 13.5 Å². The Balaban J connectivity index is 1.85. The van der Waals surface area contributed by atoms with Gasteiger partial charge in [0.05, 0.1) is 29.8 Å². The first kappa shape index (κ1) is 12.0. The third-order valence-corrected chi connectivity index (χ3v) is 3.24. The van der Waals surface area contributed by atoms with Crippen LogP contribution in [0.4, 0.5) is 5.69 Å². The molecule has 0 radical (unpaired) electrons. The van der Waals surface area contributed by atoms with E-state index in [0.29, 0.717) is 11.7 Å².